The van der Waals surface area contributed by atoms with Crippen molar-refractivity contribution in [2.45, 2.75) is 6.61 Å². The molecule has 0 aliphatic carbocycles. The molecule has 0 fully saturated rings. The summed E-state index contributed by atoms with van der Waals surface area (Å²) in [6.45, 7) is 2.91. The first kappa shape index (κ1) is 5.74. The van der Waals surface area contributed by atoms with Gasteiger partial charge in [0.2, 0.25) is 0 Å². The lowest BCUT2D eigenvalue weighted by molar-refractivity contribution is 0.0577. The molecule has 0 bridgehead atoms. The highest BCUT2D eigenvalue weighted by molar-refractivity contribution is 5.33. The van der Waals surface area contributed by atoms with Crippen molar-refractivity contribution in [3.63, 3.8) is 0 Å². The molecule has 1 aromatic carbocycles. The fourth-order valence-electron chi connectivity index (χ4n) is 0.904. The molecular formula is C8H6O2. The summed E-state index contributed by atoms with van der Waals surface area (Å²) in [4.78, 5) is 0. The monoisotopic (exact) mass is 134 g/mol. The SMILES string of the molecule is [C]1OCc2ccccc2O1. The van der Waals surface area contributed by atoms with Gasteiger partial charge in [0, 0.05) is 5.56 Å². The zero-order chi connectivity index (χ0) is 6.81. The van der Waals surface area contributed by atoms with Crippen molar-refractivity contribution >= 4 is 0 Å². The van der Waals surface area contributed by atoms with Crippen LogP contribution in [0.1, 0.15) is 5.56 Å². The first-order chi connectivity index (χ1) is 4.97. The van der Waals surface area contributed by atoms with Crippen molar-refractivity contribution in [1.82, 2.24) is 0 Å². The number of ether oxygens (including phenoxy) is 2. The molecule has 2 heteroatoms. The van der Waals surface area contributed by atoms with E-state index in [2.05, 4.69) is 6.79 Å². The van der Waals surface area contributed by atoms with Gasteiger partial charge in [-0.25, -0.2) is 0 Å². The first-order valence-corrected chi connectivity index (χ1v) is 3.08. The molecule has 0 saturated carbocycles. The number of fused-ring (bicyclic) bond motifs is 1. The van der Waals surface area contributed by atoms with Crippen molar-refractivity contribution < 1.29 is 9.47 Å². The van der Waals surface area contributed by atoms with Crippen LogP contribution in [0.4, 0.5) is 0 Å². The van der Waals surface area contributed by atoms with E-state index in [1.807, 2.05) is 24.3 Å². The van der Waals surface area contributed by atoms with Gasteiger partial charge in [0.1, 0.15) is 5.75 Å². The van der Waals surface area contributed by atoms with Crippen LogP contribution >= 0.6 is 0 Å². The van der Waals surface area contributed by atoms with Gasteiger partial charge < -0.3 is 9.47 Å². The molecule has 0 atom stereocenters. The molecule has 2 rings (SSSR count). The highest BCUT2D eigenvalue weighted by Gasteiger charge is 2.09. The van der Waals surface area contributed by atoms with E-state index in [0.717, 1.165) is 11.3 Å². The van der Waals surface area contributed by atoms with Gasteiger partial charge in [-0.15, -0.1) is 0 Å². The molecule has 1 aromatic rings. The molecule has 10 heavy (non-hydrogen) atoms. The number of hydrogen-bond donors (Lipinski definition) is 0. The Bertz CT molecular complexity index is 207. The Kier molecular flexibility index (Phi) is 1.32. The topological polar surface area (TPSA) is 18.5 Å². The molecule has 1 aliphatic rings. The summed E-state index contributed by atoms with van der Waals surface area (Å²) in [5.41, 5.74) is 1.07. The largest absolute Gasteiger partial charge is 0.449 e. The van der Waals surface area contributed by atoms with Crippen LogP contribution in [0.5, 0.6) is 5.75 Å². The minimum Gasteiger partial charge on any atom is -0.449 e. The Labute approximate surface area is 59.4 Å². The van der Waals surface area contributed by atoms with E-state index in [-0.39, 0.29) is 0 Å². The summed E-state index contributed by atoms with van der Waals surface area (Å²) < 4.78 is 9.77. The molecule has 1 aliphatic heterocycles. The van der Waals surface area contributed by atoms with E-state index in [0.29, 0.717) is 6.61 Å². The van der Waals surface area contributed by atoms with E-state index in [1.54, 1.807) is 0 Å². The Hall–Kier alpha value is -1.02. The lowest BCUT2D eigenvalue weighted by Gasteiger charge is -2.13. The fraction of sp³-hybridized carbons (Fsp3) is 0.125. The first-order valence-electron chi connectivity index (χ1n) is 3.08. The molecule has 2 radical (unpaired) electrons. The lowest BCUT2D eigenvalue weighted by atomic mass is 10.2. The Morgan fingerprint density at radius 1 is 1.30 bits per heavy atom. The van der Waals surface area contributed by atoms with Gasteiger partial charge in [0.15, 0.2) is 0 Å². The maximum atomic E-state index is 4.95. The van der Waals surface area contributed by atoms with E-state index < -0.39 is 0 Å². The highest BCUT2D eigenvalue weighted by Crippen LogP contribution is 2.23. The van der Waals surface area contributed by atoms with Crippen LogP contribution < -0.4 is 4.74 Å². The molecule has 0 saturated heterocycles. The van der Waals surface area contributed by atoms with Crippen LogP contribution in [0.25, 0.3) is 0 Å². The van der Waals surface area contributed by atoms with Crippen molar-refractivity contribution in [2.24, 2.45) is 0 Å². The summed E-state index contributed by atoms with van der Waals surface area (Å²) in [6, 6.07) is 7.74. The molecule has 1 heterocycles. The Morgan fingerprint density at radius 2 is 2.20 bits per heavy atom. The normalized spacial score (nSPS) is 15.6. The minimum atomic E-state index is 0.566. The molecule has 0 unspecified atom stereocenters. The van der Waals surface area contributed by atoms with Crippen LogP contribution in [-0.4, -0.2) is 0 Å². The predicted octanol–water partition coefficient (Wildman–Crippen LogP) is 1.59. The van der Waals surface area contributed by atoms with Crippen LogP contribution in [0, 0.1) is 6.79 Å². The maximum absolute atomic E-state index is 4.95. The van der Waals surface area contributed by atoms with Crippen LogP contribution in [0.15, 0.2) is 24.3 Å². The van der Waals surface area contributed by atoms with Crippen molar-refractivity contribution in [1.29, 1.82) is 0 Å². The second-order valence-corrected chi connectivity index (χ2v) is 2.08. The lowest BCUT2D eigenvalue weighted by Crippen LogP contribution is -2.05. The molecule has 0 amide bonds. The van der Waals surface area contributed by atoms with Crippen molar-refractivity contribution in [3.05, 3.63) is 36.6 Å². The average Bonchev–Trinajstić information content (AvgIpc) is 2.05. The molecule has 0 spiro atoms. The summed E-state index contributed by atoms with van der Waals surface area (Å²) in [7, 11) is 0. The van der Waals surface area contributed by atoms with Gasteiger partial charge in [-0.05, 0) is 6.07 Å². The molecule has 0 aromatic heterocycles. The van der Waals surface area contributed by atoms with Crippen molar-refractivity contribution in [2.75, 3.05) is 0 Å². The molecule has 50 valence electrons. The molecular weight excluding hydrogens is 128 g/mol. The second kappa shape index (κ2) is 2.31. The van der Waals surface area contributed by atoms with Gasteiger partial charge in [0.25, 0.3) is 0 Å². The van der Waals surface area contributed by atoms with Gasteiger partial charge in [-0.3, -0.25) is 0 Å². The quantitative estimate of drug-likeness (QED) is 0.536. The summed E-state index contributed by atoms with van der Waals surface area (Å²) in [6.07, 6.45) is 0. The van der Waals surface area contributed by atoms with Crippen LogP contribution in [0.3, 0.4) is 0 Å². The van der Waals surface area contributed by atoms with Crippen LogP contribution in [-0.2, 0) is 11.3 Å². The zero-order valence-corrected chi connectivity index (χ0v) is 5.33. The Morgan fingerprint density at radius 3 is 3.10 bits per heavy atom. The molecule has 2 nitrogen and oxygen atoms in total. The van der Waals surface area contributed by atoms with Gasteiger partial charge >= 0.3 is 6.79 Å². The third-order valence-electron chi connectivity index (χ3n) is 1.41. The maximum Gasteiger partial charge on any atom is 0.359 e. The predicted molar refractivity (Wildman–Crippen MR) is 35.1 cm³/mol. The van der Waals surface area contributed by atoms with Crippen molar-refractivity contribution in [3.8, 4) is 5.75 Å². The summed E-state index contributed by atoms with van der Waals surface area (Å²) >= 11 is 0. The van der Waals surface area contributed by atoms with Gasteiger partial charge in [0.05, 0.1) is 6.61 Å². The number of para-hydroxylation sites is 1. The fourth-order valence-corrected chi connectivity index (χ4v) is 0.904. The minimum absolute atomic E-state index is 0.566. The highest BCUT2D eigenvalue weighted by atomic mass is 16.7. The third-order valence-corrected chi connectivity index (χ3v) is 1.41. The second-order valence-electron chi connectivity index (χ2n) is 2.08. The van der Waals surface area contributed by atoms with Gasteiger partial charge in [-0.2, -0.15) is 0 Å². The molecule has 0 N–H and O–H groups in total. The third kappa shape index (κ3) is 0.866. The number of hydrogen-bond acceptors (Lipinski definition) is 2. The van der Waals surface area contributed by atoms with E-state index >= 15 is 0 Å². The Balaban J connectivity index is 2.41. The number of rotatable bonds is 0. The zero-order valence-electron chi connectivity index (χ0n) is 5.33. The van der Waals surface area contributed by atoms with Crippen LogP contribution in [0.2, 0.25) is 0 Å². The van der Waals surface area contributed by atoms with E-state index in [1.165, 1.54) is 0 Å². The number of benzene rings is 1. The average molecular weight is 134 g/mol. The summed E-state index contributed by atoms with van der Waals surface area (Å²) in [5.74, 6) is 0.841. The van der Waals surface area contributed by atoms with Gasteiger partial charge in [-0.1, -0.05) is 18.2 Å². The smallest absolute Gasteiger partial charge is 0.359 e. The van der Waals surface area contributed by atoms with E-state index in [9.17, 15) is 0 Å². The summed E-state index contributed by atoms with van der Waals surface area (Å²) in [5, 5.41) is 0. The standard InChI is InChI=1S/C8H6O2/c1-2-4-8-7(3-1)5-9-6-10-8/h1-4H,5H2. The van der Waals surface area contributed by atoms with E-state index in [4.69, 9.17) is 9.47 Å².